The number of ether oxygens (including phenoxy) is 3. The molecule has 2 aromatic rings. The fourth-order valence-electron chi connectivity index (χ4n) is 4.06. The molecule has 200 valence electrons. The summed E-state index contributed by atoms with van der Waals surface area (Å²) < 4.78 is 16.4. The number of hydrogen-bond donors (Lipinski definition) is 0. The number of nitro groups is 1. The van der Waals surface area contributed by atoms with Gasteiger partial charge in [-0.15, -0.1) is 0 Å². The molecule has 3 atom stereocenters. The Morgan fingerprint density at radius 3 is 2.30 bits per heavy atom. The highest BCUT2D eigenvalue weighted by molar-refractivity contribution is 7.99. The number of rotatable bonds is 9. The summed E-state index contributed by atoms with van der Waals surface area (Å²) >= 11 is 1.73. The number of carbonyl (C=O) groups is 2. The lowest BCUT2D eigenvalue weighted by atomic mass is 9.99. The van der Waals surface area contributed by atoms with Crippen molar-refractivity contribution < 1.29 is 28.7 Å². The van der Waals surface area contributed by atoms with Gasteiger partial charge in [0.05, 0.1) is 18.0 Å². The topological polar surface area (TPSA) is 108 Å². The number of esters is 1. The average Bonchev–Trinajstić information content (AvgIpc) is 3.29. The lowest BCUT2D eigenvalue weighted by molar-refractivity contribution is -0.384. The molecule has 0 saturated carbocycles. The van der Waals surface area contributed by atoms with Gasteiger partial charge in [0.25, 0.3) is 5.69 Å². The zero-order valence-electron chi connectivity index (χ0n) is 21.8. The van der Waals surface area contributed by atoms with E-state index in [0.717, 1.165) is 17.1 Å². The molecule has 0 aliphatic carbocycles. The van der Waals surface area contributed by atoms with E-state index in [4.69, 9.17) is 14.2 Å². The van der Waals surface area contributed by atoms with Crippen molar-refractivity contribution in [3.05, 3.63) is 69.8 Å². The molecule has 1 aliphatic heterocycles. The first kappa shape index (κ1) is 28.3. The summed E-state index contributed by atoms with van der Waals surface area (Å²) in [4.78, 5) is 38.0. The minimum atomic E-state index is -0.631. The maximum absolute atomic E-state index is 13.1. The number of nitrogens with zero attached hydrogens (tertiary/aromatic N) is 2. The fraction of sp³-hybridized carbons (Fsp3) is 0.481. The Hall–Kier alpha value is -3.27. The molecule has 0 aromatic heterocycles. The number of hydrogen-bond acceptors (Lipinski definition) is 8. The third-order valence-electron chi connectivity index (χ3n) is 6.05. The van der Waals surface area contributed by atoms with E-state index in [-0.39, 0.29) is 29.6 Å². The minimum Gasteiger partial charge on any atom is -0.497 e. The van der Waals surface area contributed by atoms with Crippen LogP contribution < -0.4 is 4.74 Å². The monoisotopic (exact) mass is 530 g/mol. The summed E-state index contributed by atoms with van der Waals surface area (Å²) in [6.07, 6.45) is 0.111. The maximum atomic E-state index is 13.1. The second-order valence-electron chi connectivity index (χ2n) is 10.0. The van der Waals surface area contributed by atoms with Crippen molar-refractivity contribution in [1.82, 2.24) is 4.90 Å². The number of likely N-dealkylation sites (tertiary alicyclic amines) is 1. The predicted octanol–water partition coefficient (Wildman–Crippen LogP) is 5.59. The first-order valence-corrected chi connectivity index (χ1v) is 13.2. The van der Waals surface area contributed by atoms with Crippen molar-refractivity contribution in [2.75, 3.05) is 13.7 Å². The predicted molar refractivity (Wildman–Crippen MR) is 141 cm³/mol. The van der Waals surface area contributed by atoms with E-state index in [1.54, 1.807) is 42.8 Å². The fourth-order valence-corrected chi connectivity index (χ4v) is 5.28. The van der Waals surface area contributed by atoms with Crippen LogP contribution in [0.3, 0.4) is 0 Å². The molecule has 0 bridgehead atoms. The molecule has 1 aliphatic rings. The van der Waals surface area contributed by atoms with E-state index < -0.39 is 22.5 Å². The highest BCUT2D eigenvalue weighted by atomic mass is 32.2. The molecule has 0 radical (unpaired) electrons. The molecule has 0 spiro atoms. The second kappa shape index (κ2) is 12.3. The van der Waals surface area contributed by atoms with Gasteiger partial charge in [-0.25, -0.2) is 4.79 Å². The van der Waals surface area contributed by atoms with Gasteiger partial charge in [0.1, 0.15) is 18.0 Å². The van der Waals surface area contributed by atoms with Crippen LogP contribution in [0.15, 0.2) is 48.5 Å². The van der Waals surface area contributed by atoms with Gasteiger partial charge in [-0.2, -0.15) is 11.8 Å². The van der Waals surface area contributed by atoms with Crippen LogP contribution in [-0.4, -0.2) is 52.4 Å². The third kappa shape index (κ3) is 8.11. The van der Waals surface area contributed by atoms with Crippen LogP contribution in [0.2, 0.25) is 0 Å². The van der Waals surface area contributed by atoms with Crippen LogP contribution in [-0.2, 0) is 26.6 Å². The molecule has 1 fully saturated rings. The maximum Gasteiger partial charge on any atom is 0.410 e. The van der Waals surface area contributed by atoms with Crippen LogP contribution in [0.25, 0.3) is 0 Å². The smallest absolute Gasteiger partial charge is 0.410 e. The third-order valence-corrected chi connectivity index (χ3v) is 7.36. The Bertz CT molecular complexity index is 1080. The first-order valence-electron chi connectivity index (χ1n) is 12.1. The number of methoxy groups -OCH3 is 1. The molecule has 37 heavy (non-hydrogen) atoms. The van der Waals surface area contributed by atoms with Crippen LogP contribution in [0.5, 0.6) is 5.75 Å². The zero-order chi connectivity index (χ0) is 27.2. The average molecular weight is 531 g/mol. The molecule has 0 unspecified atom stereocenters. The summed E-state index contributed by atoms with van der Waals surface area (Å²) in [7, 11) is 1.63. The van der Waals surface area contributed by atoms with Crippen molar-refractivity contribution >= 4 is 29.5 Å². The largest absolute Gasteiger partial charge is 0.497 e. The Morgan fingerprint density at radius 2 is 1.73 bits per heavy atom. The van der Waals surface area contributed by atoms with E-state index in [1.165, 1.54) is 12.1 Å². The molecule has 0 N–H and O–H groups in total. The number of carbonyl (C=O) groups excluding carboxylic acids is 2. The van der Waals surface area contributed by atoms with Gasteiger partial charge in [-0.05, 0) is 69.5 Å². The van der Waals surface area contributed by atoms with Gasteiger partial charge in [0.15, 0.2) is 0 Å². The van der Waals surface area contributed by atoms with E-state index in [1.807, 2.05) is 45.0 Å². The van der Waals surface area contributed by atoms with Gasteiger partial charge >= 0.3 is 12.1 Å². The van der Waals surface area contributed by atoms with Crippen LogP contribution in [0, 0.1) is 16.0 Å². The van der Waals surface area contributed by atoms with E-state index in [0.29, 0.717) is 18.5 Å². The molecule has 1 amide bonds. The Kier molecular flexibility index (Phi) is 9.42. The highest BCUT2D eigenvalue weighted by Gasteiger charge is 2.42. The van der Waals surface area contributed by atoms with Crippen molar-refractivity contribution in [1.29, 1.82) is 0 Å². The molecular weight excluding hydrogens is 496 g/mol. The standard InChI is InChI=1S/C27H34N2O7S/c1-18(25(30)36-27(2,3)4)24-14-23(37-17-20-8-12-22(34-5)13-9-20)15-28(24)26(31)35-16-19-6-10-21(11-7-19)29(32)33/h6-13,18,23-24H,14-17H2,1-5H3/t18-,23+,24+/m1/s1. The Morgan fingerprint density at radius 1 is 1.11 bits per heavy atom. The van der Waals surface area contributed by atoms with Crippen LogP contribution in [0.1, 0.15) is 45.2 Å². The van der Waals surface area contributed by atoms with Gasteiger partial charge in [0.2, 0.25) is 0 Å². The number of benzene rings is 2. The number of amides is 1. The normalized spacial score (nSPS) is 18.2. The lowest BCUT2D eigenvalue weighted by Crippen LogP contribution is -2.43. The summed E-state index contributed by atoms with van der Waals surface area (Å²) in [6.45, 7) is 7.65. The lowest BCUT2D eigenvalue weighted by Gasteiger charge is -2.30. The number of thioether (sulfide) groups is 1. The first-order chi connectivity index (χ1) is 17.5. The van der Waals surface area contributed by atoms with Gasteiger partial charge in [-0.3, -0.25) is 14.9 Å². The summed E-state index contributed by atoms with van der Waals surface area (Å²) in [5.74, 6) is 0.667. The molecule has 9 nitrogen and oxygen atoms in total. The number of nitro benzene ring substituents is 1. The SMILES string of the molecule is COc1ccc(CS[C@H]2C[C@@H]([C@@H](C)C(=O)OC(C)(C)C)N(C(=O)OCc3ccc([N+](=O)[O-])cc3)C2)cc1. The number of non-ortho nitro benzene ring substituents is 1. The second-order valence-corrected chi connectivity index (χ2v) is 11.3. The van der Waals surface area contributed by atoms with Crippen molar-refractivity contribution in [3.8, 4) is 5.75 Å². The van der Waals surface area contributed by atoms with Crippen LogP contribution in [0.4, 0.5) is 10.5 Å². The molecule has 1 heterocycles. The van der Waals surface area contributed by atoms with E-state index in [2.05, 4.69) is 0 Å². The van der Waals surface area contributed by atoms with Gasteiger partial charge in [-0.1, -0.05) is 12.1 Å². The molecule has 2 aromatic carbocycles. The van der Waals surface area contributed by atoms with Crippen LogP contribution >= 0.6 is 11.8 Å². The van der Waals surface area contributed by atoms with Crippen molar-refractivity contribution in [2.45, 2.75) is 63.4 Å². The highest BCUT2D eigenvalue weighted by Crippen LogP contribution is 2.35. The molecule has 1 saturated heterocycles. The zero-order valence-corrected chi connectivity index (χ0v) is 22.7. The van der Waals surface area contributed by atoms with Crippen molar-refractivity contribution in [3.63, 3.8) is 0 Å². The van der Waals surface area contributed by atoms with Crippen molar-refractivity contribution in [2.24, 2.45) is 5.92 Å². The Balaban J connectivity index is 1.67. The molecule has 10 heteroatoms. The van der Waals surface area contributed by atoms with Gasteiger partial charge in [0, 0.05) is 35.7 Å². The summed E-state index contributed by atoms with van der Waals surface area (Å²) in [5.41, 5.74) is 1.12. The summed E-state index contributed by atoms with van der Waals surface area (Å²) in [6, 6.07) is 13.4. The minimum absolute atomic E-state index is 0.0233. The van der Waals surface area contributed by atoms with E-state index in [9.17, 15) is 19.7 Å². The molecular formula is C27H34N2O7S. The summed E-state index contributed by atoms with van der Waals surface area (Å²) in [5, 5.41) is 11.0. The molecule has 3 rings (SSSR count). The quantitative estimate of drug-likeness (QED) is 0.234. The van der Waals surface area contributed by atoms with E-state index >= 15 is 0 Å². The van der Waals surface area contributed by atoms with Gasteiger partial charge < -0.3 is 19.1 Å². The Labute approximate surface area is 221 Å².